The van der Waals surface area contributed by atoms with Gasteiger partial charge in [-0.1, -0.05) is 0 Å². The van der Waals surface area contributed by atoms with Gasteiger partial charge in [-0.3, -0.25) is 4.79 Å². The van der Waals surface area contributed by atoms with E-state index in [9.17, 15) is 23.1 Å². The number of amides is 1. The van der Waals surface area contributed by atoms with Gasteiger partial charge in [0.2, 0.25) is 0 Å². The van der Waals surface area contributed by atoms with Crippen molar-refractivity contribution in [2.75, 3.05) is 36.1 Å². The summed E-state index contributed by atoms with van der Waals surface area (Å²) in [5.41, 5.74) is 7.32. The van der Waals surface area contributed by atoms with Crippen LogP contribution in [0.15, 0.2) is 12.1 Å². The molecule has 1 saturated carbocycles. The van der Waals surface area contributed by atoms with Crippen LogP contribution in [0.4, 0.5) is 30.2 Å². The molecule has 1 aromatic carbocycles. The molecule has 1 aliphatic heterocycles. The molecule has 1 heterocycles. The van der Waals surface area contributed by atoms with Crippen molar-refractivity contribution in [3.8, 4) is 0 Å². The second-order valence-electron chi connectivity index (χ2n) is 8.44. The molecule has 2 fully saturated rings. The van der Waals surface area contributed by atoms with E-state index in [0.717, 1.165) is 0 Å². The quantitative estimate of drug-likeness (QED) is 0.569. The summed E-state index contributed by atoms with van der Waals surface area (Å²) in [6.07, 6.45) is -2.95. The molecule has 0 bridgehead atoms. The van der Waals surface area contributed by atoms with Crippen LogP contribution >= 0.6 is 0 Å². The molecule has 0 spiro atoms. The van der Waals surface area contributed by atoms with Gasteiger partial charge in [0.25, 0.3) is 5.91 Å². The molecule has 29 heavy (non-hydrogen) atoms. The van der Waals surface area contributed by atoms with Crippen LogP contribution < -0.4 is 21.3 Å². The maximum absolute atomic E-state index is 13.0. The first-order valence-corrected chi connectivity index (χ1v) is 9.96. The number of nitrogens with one attached hydrogen (secondary N) is 2. The number of anilines is 3. The second kappa shape index (κ2) is 7.93. The highest BCUT2D eigenvalue weighted by Crippen LogP contribution is 2.38. The highest BCUT2D eigenvalue weighted by atomic mass is 19.4. The minimum absolute atomic E-state index is 0.0249. The molecule has 1 aromatic rings. The number of halogens is 3. The Morgan fingerprint density at radius 3 is 2.45 bits per heavy atom. The first-order valence-electron chi connectivity index (χ1n) is 9.96. The van der Waals surface area contributed by atoms with E-state index in [-0.39, 0.29) is 24.8 Å². The third-order valence-corrected chi connectivity index (χ3v) is 6.00. The van der Waals surface area contributed by atoms with E-state index in [1.807, 2.05) is 4.90 Å². The van der Waals surface area contributed by atoms with E-state index >= 15 is 0 Å². The maximum Gasteiger partial charge on any atom is 0.391 e. The average molecular weight is 414 g/mol. The molecule has 1 unspecified atom stereocenters. The van der Waals surface area contributed by atoms with Gasteiger partial charge in [-0.05, 0) is 51.2 Å². The second-order valence-corrected chi connectivity index (χ2v) is 8.44. The standard InChI is InChI=1S/C20H29F3N4O2/c1-19(29)7-8-27(11-19)17-10-16(25-2)15(24)9-14(17)18(28)26-13-5-3-12(4-6-13)20(21,22)23/h9-10,12-13,25,29H,3-8,11,24H2,1-2H3,(H,26,28). The number of aliphatic hydroxyl groups is 1. The highest BCUT2D eigenvalue weighted by molar-refractivity contribution is 6.02. The Kier molecular flexibility index (Phi) is 5.89. The number of carbonyl (C=O) groups excluding carboxylic acids is 1. The first kappa shape index (κ1) is 21.5. The number of alkyl halides is 3. The van der Waals surface area contributed by atoms with Crippen molar-refractivity contribution in [2.45, 2.75) is 56.8 Å². The molecule has 5 N–H and O–H groups in total. The topological polar surface area (TPSA) is 90.6 Å². The average Bonchev–Trinajstić information content (AvgIpc) is 3.00. The lowest BCUT2D eigenvalue weighted by Gasteiger charge is -2.31. The summed E-state index contributed by atoms with van der Waals surface area (Å²) in [5, 5.41) is 16.2. The Labute approximate surface area is 168 Å². The van der Waals surface area contributed by atoms with Gasteiger partial charge in [-0.25, -0.2) is 0 Å². The van der Waals surface area contributed by atoms with Crippen LogP contribution in [-0.2, 0) is 0 Å². The largest absolute Gasteiger partial charge is 0.397 e. The fraction of sp³-hybridized carbons (Fsp3) is 0.650. The molecule has 2 aliphatic rings. The van der Waals surface area contributed by atoms with E-state index in [0.29, 0.717) is 55.0 Å². The van der Waals surface area contributed by atoms with Crippen LogP contribution in [0.3, 0.4) is 0 Å². The van der Waals surface area contributed by atoms with Gasteiger partial charge in [0.15, 0.2) is 0 Å². The molecule has 0 radical (unpaired) electrons. The number of hydrogen-bond donors (Lipinski definition) is 4. The van der Waals surface area contributed by atoms with Crippen molar-refractivity contribution in [1.29, 1.82) is 0 Å². The zero-order valence-corrected chi connectivity index (χ0v) is 16.8. The van der Waals surface area contributed by atoms with Crippen LogP contribution in [0.5, 0.6) is 0 Å². The van der Waals surface area contributed by atoms with Crippen molar-refractivity contribution in [3.63, 3.8) is 0 Å². The molecule has 1 atom stereocenters. The monoisotopic (exact) mass is 414 g/mol. The molecule has 3 rings (SSSR count). The Morgan fingerprint density at radius 1 is 1.28 bits per heavy atom. The van der Waals surface area contributed by atoms with Crippen LogP contribution in [-0.4, -0.2) is 49.0 Å². The van der Waals surface area contributed by atoms with E-state index < -0.39 is 17.7 Å². The van der Waals surface area contributed by atoms with Gasteiger partial charge >= 0.3 is 6.18 Å². The SMILES string of the molecule is CNc1cc(N2CCC(C)(O)C2)c(C(=O)NC2CCC(C(F)(F)F)CC2)cc1N. The Bertz CT molecular complexity index is 759. The van der Waals surface area contributed by atoms with E-state index in [1.165, 1.54) is 0 Å². The fourth-order valence-electron chi connectivity index (χ4n) is 4.24. The van der Waals surface area contributed by atoms with Gasteiger partial charge in [0, 0.05) is 26.2 Å². The van der Waals surface area contributed by atoms with Gasteiger partial charge in [0.1, 0.15) is 0 Å². The summed E-state index contributed by atoms with van der Waals surface area (Å²) in [6.45, 7) is 2.73. The molecule has 0 aromatic heterocycles. The molecule has 9 heteroatoms. The number of hydrogen-bond acceptors (Lipinski definition) is 5. The Hall–Kier alpha value is -2.16. The molecule has 1 amide bonds. The van der Waals surface area contributed by atoms with Gasteiger partial charge in [-0.15, -0.1) is 0 Å². The summed E-state index contributed by atoms with van der Waals surface area (Å²) in [4.78, 5) is 14.9. The van der Waals surface area contributed by atoms with Gasteiger partial charge in [-0.2, -0.15) is 13.2 Å². The summed E-state index contributed by atoms with van der Waals surface area (Å²) in [7, 11) is 1.73. The zero-order valence-electron chi connectivity index (χ0n) is 16.8. The number of nitrogens with two attached hydrogens (primary N) is 1. The molecule has 1 saturated heterocycles. The van der Waals surface area contributed by atoms with Crippen molar-refractivity contribution < 1.29 is 23.1 Å². The summed E-state index contributed by atoms with van der Waals surface area (Å²) in [5.74, 6) is -1.64. The summed E-state index contributed by atoms with van der Waals surface area (Å²) < 4.78 is 38.6. The highest BCUT2D eigenvalue weighted by Gasteiger charge is 2.41. The summed E-state index contributed by atoms with van der Waals surface area (Å²) >= 11 is 0. The lowest BCUT2D eigenvalue weighted by atomic mass is 9.85. The number of benzene rings is 1. The van der Waals surface area contributed by atoms with Crippen molar-refractivity contribution >= 4 is 23.0 Å². The van der Waals surface area contributed by atoms with E-state index in [2.05, 4.69) is 10.6 Å². The number of carbonyl (C=O) groups is 1. The van der Waals surface area contributed by atoms with Crippen molar-refractivity contribution in [2.24, 2.45) is 5.92 Å². The number of β-amino-alcohol motifs (C(OH)–C–C–N with tert-alkyl or cyclic N) is 1. The summed E-state index contributed by atoms with van der Waals surface area (Å²) in [6, 6.07) is 3.08. The zero-order chi connectivity index (χ0) is 21.4. The maximum atomic E-state index is 13.0. The smallest absolute Gasteiger partial charge is 0.391 e. The van der Waals surface area contributed by atoms with Crippen LogP contribution in [0.25, 0.3) is 0 Å². The fourth-order valence-corrected chi connectivity index (χ4v) is 4.24. The number of nitrogens with zero attached hydrogens (tertiary/aromatic N) is 1. The molecule has 162 valence electrons. The van der Waals surface area contributed by atoms with Crippen molar-refractivity contribution in [3.05, 3.63) is 17.7 Å². The third-order valence-electron chi connectivity index (χ3n) is 6.00. The Morgan fingerprint density at radius 2 is 1.93 bits per heavy atom. The minimum Gasteiger partial charge on any atom is -0.397 e. The first-order chi connectivity index (χ1) is 13.5. The predicted octanol–water partition coefficient (Wildman–Crippen LogP) is 3.12. The molecule has 1 aliphatic carbocycles. The van der Waals surface area contributed by atoms with Crippen LogP contribution in [0, 0.1) is 5.92 Å². The molecular formula is C20H29F3N4O2. The van der Waals surface area contributed by atoms with Crippen LogP contribution in [0.1, 0.15) is 49.4 Å². The van der Waals surface area contributed by atoms with Gasteiger partial charge in [0.05, 0.1) is 34.1 Å². The predicted molar refractivity (Wildman–Crippen MR) is 107 cm³/mol. The minimum atomic E-state index is -4.17. The lowest BCUT2D eigenvalue weighted by Crippen LogP contribution is -2.40. The number of nitrogen functional groups attached to an aromatic ring is 1. The lowest BCUT2D eigenvalue weighted by molar-refractivity contribution is -0.182. The van der Waals surface area contributed by atoms with E-state index in [4.69, 9.17) is 5.73 Å². The van der Waals surface area contributed by atoms with Crippen LogP contribution in [0.2, 0.25) is 0 Å². The molecule has 6 nitrogen and oxygen atoms in total. The molecular weight excluding hydrogens is 385 g/mol. The number of rotatable bonds is 4. The normalized spacial score (nSPS) is 27.7. The van der Waals surface area contributed by atoms with Crippen molar-refractivity contribution in [1.82, 2.24) is 5.32 Å². The van der Waals surface area contributed by atoms with Gasteiger partial charge < -0.3 is 26.4 Å². The Balaban J connectivity index is 1.77. The third kappa shape index (κ3) is 4.88. The van der Waals surface area contributed by atoms with E-state index in [1.54, 1.807) is 26.1 Å².